The van der Waals surface area contributed by atoms with Crippen LogP contribution in [0.3, 0.4) is 0 Å². The fourth-order valence-electron chi connectivity index (χ4n) is 5.40. The standard InChI is InChI=1S/C37H36N6O5S/c1-25-13-15-27(16-14-25)32-21-30(26-17-19-28(46-2)20-18-26)41-43(32)36(45)24-49-37-40-39-34(42(37)31-11-7-8-12-33(31)47-3)22-38-35(44)23-48-29-9-5-4-6-10-29/h4-20,32H,21-24H2,1-3H3,(H,38,44). The number of rotatable bonds is 13. The molecule has 1 aliphatic heterocycles. The van der Waals surface area contributed by atoms with E-state index < -0.39 is 0 Å². The molecule has 1 aliphatic rings. The number of carbonyl (C=O) groups excluding carboxylic acids is 2. The summed E-state index contributed by atoms with van der Waals surface area (Å²) < 4.78 is 18.3. The van der Waals surface area contributed by atoms with Gasteiger partial charge in [-0.15, -0.1) is 10.2 Å². The maximum absolute atomic E-state index is 14.0. The van der Waals surface area contributed by atoms with Crippen LogP contribution in [0.15, 0.2) is 113 Å². The summed E-state index contributed by atoms with van der Waals surface area (Å²) in [4.78, 5) is 26.6. The highest BCUT2D eigenvalue weighted by Gasteiger charge is 2.33. The summed E-state index contributed by atoms with van der Waals surface area (Å²) >= 11 is 1.24. The zero-order chi connectivity index (χ0) is 34.2. The molecule has 1 atom stereocenters. The Hall–Kier alpha value is -5.62. The Labute approximate surface area is 288 Å². The summed E-state index contributed by atoms with van der Waals surface area (Å²) in [6, 6.07) is 32.2. The Balaban J connectivity index is 1.22. The van der Waals surface area contributed by atoms with Crippen LogP contribution in [0.5, 0.6) is 17.2 Å². The van der Waals surface area contributed by atoms with E-state index in [4.69, 9.17) is 19.3 Å². The van der Waals surface area contributed by atoms with Gasteiger partial charge >= 0.3 is 0 Å². The molecule has 1 unspecified atom stereocenters. The summed E-state index contributed by atoms with van der Waals surface area (Å²) in [7, 11) is 3.21. The number of carbonyl (C=O) groups is 2. The van der Waals surface area contributed by atoms with Gasteiger partial charge < -0.3 is 19.5 Å². The van der Waals surface area contributed by atoms with Gasteiger partial charge in [0.25, 0.3) is 11.8 Å². The van der Waals surface area contributed by atoms with Crippen molar-refractivity contribution in [2.45, 2.75) is 31.1 Å². The third-order valence-electron chi connectivity index (χ3n) is 7.96. The molecule has 0 fully saturated rings. The monoisotopic (exact) mass is 676 g/mol. The normalized spacial score (nSPS) is 13.9. The molecule has 0 radical (unpaired) electrons. The smallest absolute Gasteiger partial charge is 0.258 e. The fraction of sp³-hybridized carbons (Fsp3) is 0.216. The molecule has 2 heterocycles. The average molecular weight is 677 g/mol. The zero-order valence-corrected chi connectivity index (χ0v) is 28.2. The molecule has 11 nitrogen and oxygen atoms in total. The lowest BCUT2D eigenvalue weighted by Gasteiger charge is -2.22. The molecule has 2 amide bonds. The number of aromatic nitrogens is 3. The predicted octanol–water partition coefficient (Wildman–Crippen LogP) is 5.76. The van der Waals surface area contributed by atoms with Crippen molar-refractivity contribution in [2.24, 2.45) is 5.10 Å². The SMILES string of the molecule is COc1ccc(C2=NN(C(=O)CSc3nnc(CNC(=O)COc4ccccc4)n3-c3ccccc3OC)C(c3ccc(C)cc3)C2)cc1. The molecule has 12 heteroatoms. The van der Waals surface area contributed by atoms with Gasteiger partial charge in [-0.05, 0) is 66.6 Å². The molecular weight excluding hydrogens is 641 g/mol. The number of amides is 2. The lowest BCUT2D eigenvalue weighted by Crippen LogP contribution is -2.29. The van der Waals surface area contributed by atoms with E-state index >= 15 is 0 Å². The summed E-state index contributed by atoms with van der Waals surface area (Å²) in [6.45, 7) is 1.96. The van der Waals surface area contributed by atoms with Crippen molar-refractivity contribution in [1.82, 2.24) is 25.1 Å². The van der Waals surface area contributed by atoms with Crippen molar-refractivity contribution in [2.75, 3.05) is 26.6 Å². The highest BCUT2D eigenvalue weighted by Crippen LogP contribution is 2.35. The van der Waals surface area contributed by atoms with Gasteiger partial charge in [-0.3, -0.25) is 14.2 Å². The fourth-order valence-corrected chi connectivity index (χ4v) is 6.21. The van der Waals surface area contributed by atoms with Gasteiger partial charge in [0.05, 0.1) is 44.0 Å². The third kappa shape index (κ3) is 7.92. The number of benzene rings is 4. The van der Waals surface area contributed by atoms with Crippen LogP contribution in [-0.4, -0.2) is 63.9 Å². The number of thioether (sulfide) groups is 1. The third-order valence-corrected chi connectivity index (χ3v) is 8.87. The largest absolute Gasteiger partial charge is 0.497 e. The topological polar surface area (TPSA) is 120 Å². The van der Waals surface area contributed by atoms with E-state index in [0.717, 1.165) is 28.2 Å². The van der Waals surface area contributed by atoms with Gasteiger partial charge in [0.2, 0.25) is 0 Å². The number of methoxy groups -OCH3 is 2. The number of hydrazone groups is 1. The highest BCUT2D eigenvalue weighted by atomic mass is 32.2. The molecule has 6 rings (SSSR count). The van der Waals surface area contributed by atoms with E-state index in [1.165, 1.54) is 11.8 Å². The molecule has 0 aliphatic carbocycles. The number of hydrogen-bond donors (Lipinski definition) is 1. The van der Waals surface area contributed by atoms with Gasteiger partial charge in [0.1, 0.15) is 17.2 Å². The number of aryl methyl sites for hydroxylation is 1. The first kappa shape index (κ1) is 33.3. The minimum Gasteiger partial charge on any atom is -0.497 e. The summed E-state index contributed by atoms with van der Waals surface area (Å²) in [5, 5.41) is 18.5. The van der Waals surface area contributed by atoms with Crippen molar-refractivity contribution < 1.29 is 23.8 Å². The first-order valence-electron chi connectivity index (χ1n) is 15.7. The lowest BCUT2D eigenvalue weighted by atomic mass is 9.97. The van der Waals surface area contributed by atoms with Gasteiger partial charge in [-0.1, -0.05) is 71.9 Å². The molecule has 0 spiro atoms. The quantitative estimate of drug-likeness (QED) is 0.157. The molecule has 49 heavy (non-hydrogen) atoms. The molecule has 0 saturated heterocycles. The Morgan fingerprint density at radius 3 is 2.33 bits per heavy atom. The Kier molecular flexibility index (Phi) is 10.5. The van der Waals surface area contributed by atoms with E-state index in [2.05, 4.69) is 15.5 Å². The predicted molar refractivity (Wildman–Crippen MR) is 187 cm³/mol. The van der Waals surface area contributed by atoms with Crippen LogP contribution in [-0.2, 0) is 16.1 Å². The van der Waals surface area contributed by atoms with Crippen LogP contribution in [0.1, 0.15) is 35.0 Å². The van der Waals surface area contributed by atoms with Crippen LogP contribution < -0.4 is 19.5 Å². The first-order valence-corrected chi connectivity index (χ1v) is 16.7. The zero-order valence-electron chi connectivity index (χ0n) is 27.4. The molecule has 0 saturated carbocycles. The van der Waals surface area contributed by atoms with Gasteiger partial charge in [0.15, 0.2) is 17.6 Å². The number of nitrogens with zero attached hydrogens (tertiary/aromatic N) is 5. The van der Waals surface area contributed by atoms with Crippen molar-refractivity contribution in [3.63, 3.8) is 0 Å². The van der Waals surface area contributed by atoms with Crippen molar-refractivity contribution in [3.8, 4) is 22.9 Å². The van der Waals surface area contributed by atoms with Gasteiger partial charge in [0, 0.05) is 6.42 Å². The molecule has 1 N–H and O–H groups in total. The molecule has 1 aromatic heterocycles. The van der Waals surface area contributed by atoms with Crippen LogP contribution in [0.25, 0.3) is 5.69 Å². The van der Waals surface area contributed by atoms with Crippen molar-refractivity contribution in [3.05, 3.63) is 126 Å². The van der Waals surface area contributed by atoms with E-state index in [9.17, 15) is 9.59 Å². The van der Waals surface area contributed by atoms with Crippen molar-refractivity contribution >= 4 is 29.3 Å². The van der Waals surface area contributed by atoms with Crippen LogP contribution in [0.2, 0.25) is 0 Å². The Morgan fingerprint density at radius 2 is 1.59 bits per heavy atom. The van der Waals surface area contributed by atoms with E-state index in [-0.39, 0.29) is 36.8 Å². The second-order valence-electron chi connectivity index (χ2n) is 11.2. The maximum Gasteiger partial charge on any atom is 0.258 e. The Morgan fingerprint density at radius 1 is 0.857 bits per heavy atom. The van der Waals surface area contributed by atoms with Crippen LogP contribution >= 0.6 is 11.8 Å². The van der Waals surface area contributed by atoms with Gasteiger partial charge in [-0.2, -0.15) is 5.10 Å². The van der Waals surface area contributed by atoms with Crippen LogP contribution in [0.4, 0.5) is 0 Å². The highest BCUT2D eigenvalue weighted by molar-refractivity contribution is 7.99. The molecule has 5 aromatic rings. The first-order chi connectivity index (χ1) is 23.9. The molecular formula is C37H36N6O5S. The summed E-state index contributed by atoms with van der Waals surface area (Å²) in [6.07, 6.45) is 0.570. The summed E-state index contributed by atoms with van der Waals surface area (Å²) in [5.41, 5.74) is 4.56. The van der Waals surface area contributed by atoms with E-state index in [0.29, 0.717) is 34.6 Å². The number of nitrogens with one attached hydrogen (secondary N) is 1. The molecule has 4 aromatic carbocycles. The maximum atomic E-state index is 14.0. The number of hydrogen-bond acceptors (Lipinski definition) is 9. The van der Waals surface area contributed by atoms with Crippen molar-refractivity contribution in [1.29, 1.82) is 0 Å². The lowest BCUT2D eigenvalue weighted by molar-refractivity contribution is -0.130. The second-order valence-corrected chi connectivity index (χ2v) is 12.2. The van der Waals surface area contributed by atoms with E-state index in [1.54, 1.807) is 35.9 Å². The Bertz CT molecular complexity index is 1930. The summed E-state index contributed by atoms with van der Waals surface area (Å²) in [5.74, 6) is 1.95. The minimum absolute atomic E-state index is 0.0479. The number of ether oxygens (including phenoxy) is 3. The van der Waals surface area contributed by atoms with Crippen LogP contribution in [0, 0.1) is 6.92 Å². The van der Waals surface area contributed by atoms with Gasteiger partial charge in [-0.25, -0.2) is 5.01 Å². The number of para-hydroxylation sites is 3. The molecule has 0 bridgehead atoms. The molecule has 250 valence electrons. The second kappa shape index (κ2) is 15.5. The minimum atomic E-state index is -0.315. The van der Waals surface area contributed by atoms with E-state index in [1.807, 2.05) is 97.9 Å². The average Bonchev–Trinajstić information content (AvgIpc) is 3.78.